The minimum Gasteiger partial charge on any atom is -0.497 e. The van der Waals surface area contributed by atoms with Gasteiger partial charge < -0.3 is 33.6 Å². The van der Waals surface area contributed by atoms with Gasteiger partial charge in [0.1, 0.15) is 41.9 Å². The molecule has 2 aromatic heterocycles. The van der Waals surface area contributed by atoms with Gasteiger partial charge in [0, 0.05) is 32.7 Å². The van der Waals surface area contributed by atoms with Crippen molar-refractivity contribution < 1.29 is 40.9 Å². The Kier molecular flexibility index (Phi) is 11.9. The summed E-state index contributed by atoms with van der Waals surface area (Å²) in [5.74, 6) is -1.66. The van der Waals surface area contributed by atoms with Crippen LogP contribution in [0, 0.1) is 18.6 Å². The Labute approximate surface area is 357 Å². The summed E-state index contributed by atoms with van der Waals surface area (Å²) in [4.78, 5) is 21.6. The molecule has 3 aliphatic rings. The predicted octanol–water partition coefficient (Wildman–Crippen LogP) is 8.45. The third-order valence-electron chi connectivity index (χ3n) is 12.0. The molecule has 0 radical (unpaired) electrons. The van der Waals surface area contributed by atoms with E-state index in [0.717, 1.165) is 49.1 Å². The number of hydrogen-bond donors (Lipinski definition) is 0. The fourth-order valence-corrected chi connectivity index (χ4v) is 8.90. The number of hydrogen-bond acceptors (Lipinski definition) is 11. The van der Waals surface area contributed by atoms with Crippen LogP contribution in [0.4, 0.5) is 33.6 Å². The number of aryl methyl sites for hydroxylation is 1. The van der Waals surface area contributed by atoms with Gasteiger partial charge in [0.25, 0.3) is 0 Å². The third kappa shape index (κ3) is 8.41. The lowest BCUT2D eigenvalue weighted by Crippen LogP contribution is -2.43. The normalized spacial score (nSPS) is 17.7. The van der Waals surface area contributed by atoms with Crippen LogP contribution >= 0.6 is 0 Å². The van der Waals surface area contributed by atoms with E-state index in [2.05, 4.69) is 21.4 Å². The Bertz CT molecular complexity index is 2420. The van der Waals surface area contributed by atoms with Crippen LogP contribution in [0.1, 0.15) is 41.5 Å². The van der Waals surface area contributed by atoms with Crippen LogP contribution in [0.5, 0.6) is 23.3 Å². The largest absolute Gasteiger partial charge is 0.497 e. The Morgan fingerprint density at radius 1 is 0.903 bits per heavy atom. The molecule has 3 aliphatic heterocycles. The first-order valence-electron chi connectivity index (χ1n) is 20.6. The molecule has 0 spiro atoms. The van der Waals surface area contributed by atoms with E-state index in [4.69, 9.17) is 23.9 Å². The summed E-state index contributed by atoms with van der Waals surface area (Å²) in [5.41, 5.74) is -1.61. The van der Waals surface area contributed by atoms with Crippen molar-refractivity contribution in [2.75, 3.05) is 84.1 Å². The highest BCUT2D eigenvalue weighted by atomic mass is 19.4. The van der Waals surface area contributed by atoms with Gasteiger partial charge in [-0.25, -0.2) is 13.8 Å². The summed E-state index contributed by atoms with van der Waals surface area (Å²) in [6.45, 7) is 8.77. The molecule has 8 rings (SSSR count). The molecule has 0 amide bonds. The van der Waals surface area contributed by atoms with Crippen molar-refractivity contribution in [3.8, 4) is 34.5 Å². The fourth-order valence-electron chi connectivity index (χ4n) is 8.90. The topological polar surface area (TPSA) is 88.5 Å². The summed E-state index contributed by atoms with van der Waals surface area (Å²) < 4.78 is 104. The number of nitrogens with zero attached hydrogens (tertiary/aromatic N) is 7. The molecule has 1 atom stereocenters. The minimum absolute atomic E-state index is 0.0589. The van der Waals surface area contributed by atoms with Crippen molar-refractivity contribution >= 4 is 22.5 Å². The van der Waals surface area contributed by atoms with E-state index >= 15 is 22.0 Å². The van der Waals surface area contributed by atoms with Crippen LogP contribution in [0.25, 0.3) is 22.2 Å². The number of anilines is 2. The number of benzene rings is 3. The molecule has 328 valence electrons. The second kappa shape index (κ2) is 17.2. The van der Waals surface area contributed by atoms with Gasteiger partial charge in [-0.3, -0.25) is 4.90 Å². The van der Waals surface area contributed by atoms with E-state index in [1.54, 1.807) is 43.4 Å². The van der Waals surface area contributed by atoms with Crippen molar-refractivity contribution in [2.45, 2.75) is 51.0 Å². The number of alkyl halides is 3. The zero-order chi connectivity index (χ0) is 43.9. The summed E-state index contributed by atoms with van der Waals surface area (Å²) in [5, 5.41) is -0.0932. The van der Waals surface area contributed by atoms with Gasteiger partial charge >= 0.3 is 12.2 Å². The highest BCUT2D eigenvalue weighted by Crippen LogP contribution is 2.48. The molecule has 0 N–H and O–H groups in total. The third-order valence-corrected chi connectivity index (χ3v) is 12.0. The quantitative estimate of drug-likeness (QED) is 0.0797. The summed E-state index contributed by atoms with van der Waals surface area (Å²) in [7, 11) is 6.89. The molecule has 3 aromatic carbocycles. The van der Waals surface area contributed by atoms with Crippen LogP contribution < -0.4 is 28.7 Å². The Balaban J connectivity index is 1.30. The lowest BCUT2D eigenvalue weighted by molar-refractivity contribution is -0.137. The Hall–Kier alpha value is -5.74. The number of pyridine rings is 1. The second-order valence-electron chi connectivity index (χ2n) is 16.6. The van der Waals surface area contributed by atoms with Crippen LogP contribution in [-0.2, 0) is 19.3 Å². The lowest BCUT2D eigenvalue weighted by atomic mass is 9.94. The molecular weight excluding hydrogens is 810 g/mol. The second-order valence-corrected chi connectivity index (χ2v) is 16.6. The molecule has 11 nitrogen and oxygen atoms in total. The standard InChI is InChI=1S/C46H50F5N7O4/c1-28-23-45(16-7-17-58(45)24-28)27-62-44-53-41-36-42(61-21-20-56(43(36)54-44)19-18-55(3)4)39(48)35(38(41)47)40-37(46(49,50)51)29(2)22-34(52-40)57(25-30-8-12-32(59-5)13-9-30)26-31-10-14-33(60-6)15-11-31/h8-15,22H,1,7,16-21,23-27H2,2-6H3/t45-/m0/s1. The van der Waals surface area contributed by atoms with Crippen molar-refractivity contribution in [3.63, 3.8) is 0 Å². The summed E-state index contributed by atoms with van der Waals surface area (Å²) in [6.07, 6.45) is -2.50. The Morgan fingerprint density at radius 2 is 1.56 bits per heavy atom. The van der Waals surface area contributed by atoms with Crippen LogP contribution in [0.2, 0.25) is 0 Å². The van der Waals surface area contributed by atoms with Gasteiger partial charge in [-0.2, -0.15) is 23.1 Å². The number of halogens is 5. The van der Waals surface area contributed by atoms with Crippen molar-refractivity contribution in [1.82, 2.24) is 24.8 Å². The zero-order valence-electron chi connectivity index (χ0n) is 35.5. The number of aromatic nitrogens is 3. The van der Waals surface area contributed by atoms with E-state index in [1.807, 2.05) is 48.2 Å². The van der Waals surface area contributed by atoms with Crippen LogP contribution in [-0.4, -0.2) is 105 Å². The first kappa shape index (κ1) is 42.9. The van der Waals surface area contributed by atoms with E-state index < -0.39 is 45.9 Å². The van der Waals surface area contributed by atoms with E-state index in [1.165, 1.54) is 13.0 Å². The van der Waals surface area contributed by atoms with Crippen molar-refractivity contribution in [1.29, 1.82) is 0 Å². The monoisotopic (exact) mass is 859 g/mol. The summed E-state index contributed by atoms with van der Waals surface area (Å²) in [6, 6.07) is 15.5. The molecule has 5 aromatic rings. The maximum atomic E-state index is 17.6. The Morgan fingerprint density at radius 3 is 2.18 bits per heavy atom. The number of methoxy groups -OCH3 is 2. The van der Waals surface area contributed by atoms with Gasteiger partial charge in [-0.05, 0) is 93.8 Å². The zero-order valence-corrected chi connectivity index (χ0v) is 35.5. The molecule has 0 bridgehead atoms. The van der Waals surface area contributed by atoms with E-state index in [-0.39, 0.29) is 67.0 Å². The minimum atomic E-state index is -5.06. The molecule has 62 heavy (non-hydrogen) atoms. The van der Waals surface area contributed by atoms with Gasteiger partial charge in [0.2, 0.25) is 0 Å². The molecule has 16 heteroatoms. The maximum absolute atomic E-state index is 17.6. The van der Waals surface area contributed by atoms with Crippen LogP contribution in [0.3, 0.4) is 0 Å². The SMILES string of the molecule is C=C1CN2CCC[C@@]2(COc2nc3c4c(c(F)c(-c5nc(N(Cc6ccc(OC)cc6)Cc6ccc(OC)cc6)cc(C)c5C(F)(F)F)c(F)c4n2)OCCN3CCN(C)C)C1. The highest BCUT2D eigenvalue weighted by Gasteiger charge is 2.47. The lowest BCUT2D eigenvalue weighted by Gasteiger charge is -2.31. The first-order valence-corrected chi connectivity index (χ1v) is 20.6. The molecule has 0 aliphatic carbocycles. The van der Waals surface area contributed by atoms with Gasteiger partial charge in [-0.15, -0.1) is 0 Å². The molecule has 0 unspecified atom stereocenters. The maximum Gasteiger partial charge on any atom is 0.418 e. The average Bonchev–Trinajstić information content (AvgIpc) is 3.70. The first-order chi connectivity index (χ1) is 29.7. The van der Waals surface area contributed by atoms with Crippen molar-refractivity contribution in [3.05, 3.63) is 101 Å². The molecule has 2 fully saturated rings. The summed E-state index contributed by atoms with van der Waals surface area (Å²) >= 11 is 0. The van der Waals surface area contributed by atoms with Gasteiger partial charge in [-0.1, -0.05) is 36.4 Å². The molecular formula is C46H50F5N7O4. The van der Waals surface area contributed by atoms with Gasteiger partial charge in [0.05, 0.1) is 48.5 Å². The fraction of sp³-hybridized carbons (Fsp3) is 0.413. The number of rotatable bonds is 14. The van der Waals surface area contributed by atoms with Crippen molar-refractivity contribution in [2.24, 2.45) is 0 Å². The smallest absolute Gasteiger partial charge is 0.418 e. The number of ether oxygens (including phenoxy) is 4. The number of fused-ring (bicyclic) bond motifs is 1. The van der Waals surface area contributed by atoms with E-state index in [9.17, 15) is 0 Å². The average molecular weight is 860 g/mol. The molecule has 5 heterocycles. The predicted molar refractivity (Wildman–Crippen MR) is 227 cm³/mol. The molecule has 2 saturated heterocycles. The molecule has 0 saturated carbocycles. The highest BCUT2D eigenvalue weighted by molar-refractivity contribution is 5.99. The number of likely N-dealkylation sites (N-methyl/N-ethyl adjacent to an activating group) is 1. The van der Waals surface area contributed by atoms with Gasteiger partial charge in [0.15, 0.2) is 17.4 Å². The van der Waals surface area contributed by atoms with Crippen LogP contribution in [0.15, 0.2) is 66.7 Å². The van der Waals surface area contributed by atoms with E-state index in [0.29, 0.717) is 24.6 Å².